The number of carbonyl (C=O) groups is 1. The van der Waals surface area contributed by atoms with Gasteiger partial charge in [-0.15, -0.1) is 0 Å². The van der Waals surface area contributed by atoms with E-state index in [4.69, 9.17) is 0 Å². The van der Waals surface area contributed by atoms with Crippen molar-refractivity contribution in [2.75, 3.05) is 19.0 Å². The van der Waals surface area contributed by atoms with E-state index in [9.17, 15) is 13.2 Å². The smallest absolute Gasteiger partial charge is 0.264 e. The zero-order valence-electron chi connectivity index (χ0n) is 15.0. The van der Waals surface area contributed by atoms with Gasteiger partial charge < -0.3 is 0 Å². The fourth-order valence-electron chi connectivity index (χ4n) is 2.53. The number of carbonyl (C=O) groups excluding carboxylic acids is 1. The van der Waals surface area contributed by atoms with E-state index in [1.165, 1.54) is 43.3 Å². The minimum absolute atomic E-state index is 0.133. The number of rotatable bonds is 5. The first kappa shape index (κ1) is 18.8. The van der Waals surface area contributed by atoms with Gasteiger partial charge in [0.1, 0.15) is 5.82 Å². The van der Waals surface area contributed by atoms with Crippen LogP contribution in [0.25, 0.3) is 0 Å². The molecule has 0 unspecified atom stereocenters. The molecule has 1 amide bonds. The largest absolute Gasteiger partial charge is 0.268 e. The lowest BCUT2D eigenvalue weighted by Gasteiger charge is -2.22. The highest BCUT2D eigenvalue weighted by atomic mass is 32.2. The molecule has 7 heteroatoms. The molecular weight excluding hydrogens is 362 g/mol. The van der Waals surface area contributed by atoms with Crippen LogP contribution < -0.4 is 4.90 Å². The molecule has 6 nitrogen and oxygen atoms in total. The summed E-state index contributed by atoms with van der Waals surface area (Å²) in [6.45, 7) is 0. The number of hydrogen-bond donors (Lipinski definition) is 0. The van der Waals surface area contributed by atoms with Gasteiger partial charge in [-0.25, -0.2) is 17.7 Å². The summed E-state index contributed by atoms with van der Waals surface area (Å²) in [6.07, 6.45) is 1.62. The molecule has 0 saturated carbocycles. The topological polar surface area (TPSA) is 70.6 Å². The summed E-state index contributed by atoms with van der Waals surface area (Å²) in [4.78, 5) is 19.1. The second kappa shape index (κ2) is 7.69. The summed E-state index contributed by atoms with van der Waals surface area (Å²) in [5, 5.41) is 0. The number of amides is 1. The van der Waals surface area contributed by atoms with Crippen LogP contribution in [0.3, 0.4) is 0 Å². The van der Waals surface area contributed by atoms with Crippen LogP contribution in [0.5, 0.6) is 0 Å². The third-order valence-corrected chi connectivity index (χ3v) is 5.81. The average Bonchev–Trinajstić information content (AvgIpc) is 2.70. The van der Waals surface area contributed by atoms with Crippen LogP contribution in [0.2, 0.25) is 0 Å². The molecule has 1 heterocycles. The zero-order chi connectivity index (χ0) is 19.4. The first-order valence-electron chi connectivity index (χ1n) is 8.24. The summed E-state index contributed by atoms with van der Waals surface area (Å²) < 4.78 is 25.6. The Morgan fingerprint density at radius 3 is 2.04 bits per heavy atom. The quantitative estimate of drug-likeness (QED) is 0.680. The highest BCUT2D eigenvalue weighted by molar-refractivity contribution is 7.89. The molecule has 0 bridgehead atoms. The SMILES string of the molecule is CN(C)S(=O)(=O)c1ccc(C(=O)N(c2ccccc2)c2ccccn2)cc1. The van der Waals surface area contributed by atoms with E-state index < -0.39 is 10.0 Å². The molecule has 138 valence electrons. The lowest BCUT2D eigenvalue weighted by atomic mass is 10.1. The summed E-state index contributed by atoms with van der Waals surface area (Å²) in [5.74, 6) is 0.187. The molecule has 0 saturated heterocycles. The molecule has 0 aliphatic carbocycles. The molecular formula is C20H19N3O3S. The predicted molar refractivity (Wildman–Crippen MR) is 104 cm³/mol. The van der Waals surface area contributed by atoms with Crippen LogP contribution >= 0.6 is 0 Å². The Kier molecular flexibility index (Phi) is 5.34. The van der Waals surface area contributed by atoms with Crippen molar-refractivity contribution in [1.82, 2.24) is 9.29 Å². The zero-order valence-corrected chi connectivity index (χ0v) is 15.8. The Labute approximate surface area is 158 Å². The Hall–Kier alpha value is -3.03. The monoisotopic (exact) mass is 381 g/mol. The molecule has 3 aromatic rings. The van der Waals surface area contributed by atoms with Crippen molar-refractivity contribution >= 4 is 27.4 Å². The van der Waals surface area contributed by atoms with E-state index in [1.807, 2.05) is 30.3 Å². The molecule has 2 aromatic carbocycles. The van der Waals surface area contributed by atoms with Crippen molar-refractivity contribution in [1.29, 1.82) is 0 Å². The second-order valence-electron chi connectivity index (χ2n) is 5.98. The number of aromatic nitrogens is 1. The average molecular weight is 381 g/mol. The van der Waals surface area contributed by atoms with Gasteiger partial charge in [0.15, 0.2) is 0 Å². The van der Waals surface area contributed by atoms with Gasteiger partial charge in [0.05, 0.1) is 10.6 Å². The maximum atomic E-state index is 13.2. The van der Waals surface area contributed by atoms with Crippen LogP contribution in [-0.2, 0) is 10.0 Å². The van der Waals surface area contributed by atoms with Crippen molar-refractivity contribution in [3.8, 4) is 0 Å². The molecule has 0 aliphatic heterocycles. The maximum absolute atomic E-state index is 13.2. The van der Waals surface area contributed by atoms with Gasteiger partial charge >= 0.3 is 0 Å². The van der Waals surface area contributed by atoms with E-state index in [1.54, 1.807) is 24.4 Å². The van der Waals surface area contributed by atoms with Gasteiger partial charge in [-0.3, -0.25) is 9.69 Å². The predicted octanol–water partition coefficient (Wildman–Crippen LogP) is 3.31. The van der Waals surface area contributed by atoms with E-state index in [0.717, 1.165) is 4.31 Å². The fraction of sp³-hybridized carbons (Fsp3) is 0.100. The van der Waals surface area contributed by atoms with Crippen LogP contribution in [0.1, 0.15) is 10.4 Å². The van der Waals surface area contributed by atoms with Crippen molar-refractivity contribution in [3.63, 3.8) is 0 Å². The van der Waals surface area contributed by atoms with Gasteiger partial charge in [-0.2, -0.15) is 0 Å². The van der Waals surface area contributed by atoms with Crippen molar-refractivity contribution < 1.29 is 13.2 Å². The first-order valence-corrected chi connectivity index (χ1v) is 9.68. The summed E-state index contributed by atoms with van der Waals surface area (Å²) in [6, 6.07) is 20.4. The number of anilines is 2. The number of para-hydroxylation sites is 1. The van der Waals surface area contributed by atoms with E-state index >= 15 is 0 Å². The van der Waals surface area contributed by atoms with Crippen molar-refractivity contribution in [2.45, 2.75) is 4.90 Å². The van der Waals surface area contributed by atoms with Gasteiger partial charge in [0.25, 0.3) is 5.91 Å². The van der Waals surface area contributed by atoms with E-state index in [-0.39, 0.29) is 10.8 Å². The second-order valence-corrected chi connectivity index (χ2v) is 8.13. The van der Waals surface area contributed by atoms with Crippen LogP contribution in [-0.4, -0.2) is 37.7 Å². The molecule has 0 N–H and O–H groups in total. The lowest BCUT2D eigenvalue weighted by Crippen LogP contribution is -2.27. The van der Waals surface area contributed by atoms with Crippen molar-refractivity contribution in [2.24, 2.45) is 0 Å². The van der Waals surface area contributed by atoms with Gasteiger partial charge in [0, 0.05) is 25.9 Å². The summed E-state index contributed by atoms with van der Waals surface area (Å²) in [5.41, 5.74) is 1.04. The highest BCUT2D eigenvalue weighted by Gasteiger charge is 2.22. The van der Waals surface area contributed by atoms with Crippen LogP contribution in [0, 0.1) is 0 Å². The molecule has 1 aromatic heterocycles. The van der Waals surface area contributed by atoms with Crippen LogP contribution in [0.4, 0.5) is 11.5 Å². The molecule has 0 fully saturated rings. The Morgan fingerprint density at radius 1 is 0.852 bits per heavy atom. The number of hydrogen-bond acceptors (Lipinski definition) is 4. The first-order chi connectivity index (χ1) is 12.9. The highest BCUT2D eigenvalue weighted by Crippen LogP contribution is 2.26. The Morgan fingerprint density at radius 2 is 1.48 bits per heavy atom. The molecule has 0 atom stereocenters. The molecule has 3 rings (SSSR count). The Bertz CT molecular complexity index is 980. The Balaban J connectivity index is 2.00. The number of benzene rings is 2. The van der Waals surface area contributed by atoms with Gasteiger partial charge in [-0.05, 0) is 48.5 Å². The summed E-state index contributed by atoms with van der Waals surface area (Å²) >= 11 is 0. The molecule has 27 heavy (non-hydrogen) atoms. The van der Waals surface area contributed by atoms with Gasteiger partial charge in [-0.1, -0.05) is 24.3 Å². The third-order valence-electron chi connectivity index (χ3n) is 3.98. The number of sulfonamides is 1. The fourth-order valence-corrected chi connectivity index (χ4v) is 3.43. The van der Waals surface area contributed by atoms with E-state index in [0.29, 0.717) is 17.1 Å². The normalized spacial score (nSPS) is 11.4. The van der Waals surface area contributed by atoms with Gasteiger partial charge in [0.2, 0.25) is 10.0 Å². The molecule has 0 spiro atoms. The third kappa shape index (κ3) is 3.89. The van der Waals surface area contributed by atoms with Crippen molar-refractivity contribution in [3.05, 3.63) is 84.6 Å². The van der Waals surface area contributed by atoms with Crippen LogP contribution in [0.15, 0.2) is 83.9 Å². The summed E-state index contributed by atoms with van der Waals surface area (Å²) in [7, 11) is -0.618. The van der Waals surface area contributed by atoms with E-state index in [2.05, 4.69) is 4.98 Å². The standard InChI is InChI=1S/C20H19N3O3S/c1-22(2)27(25,26)18-13-11-16(12-14-18)20(24)23(17-8-4-3-5-9-17)19-10-6-7-15-21-19/h3-15H,1-2H3. The number of nitrogens with zero attached hydrogens (tertiary/aromatic N) is 3. The molecule has 0 radical (unpaired) electrons. The number of pyridine rings is 1. The lowest BCUT2D eigenvalue weighted by molar-refractivity contribution is 0.0998. The minimum Gasteiger partial charge on any atom is -0.268 e. The minimum atomic E-state index is -3.55. The maximum Gasteiger partial charge on any atom is 0.264 e. The molecule has 0 aliphatic rings.